The van der Waals surface area contributed by atoms with E-state index < -0.39 is 0 Å². The van der Waals surface area contributed by atoms with Gasteiger partial charge in [-0.1, -0.05) is 12.1 Å². The van der Waals surface area contributed by atoms with Crippen LogP contribution in [0.15, 0.2) is 30.5 Å². The molecule has 1 aromatic heterocycles. The molecule has 0 saturated carbocycles. The van der Waals surface area contributed by atoms with Crippen LogP contribution in [0.5, 0.6) is 5.75 Å². The van der Waals surface area contributed by atoms with Crippen LogP contribution in [0.2, 0.25) is 0 Å². The van der Waals surface area contributed by atoms with Crippen LogP contribution in [-0.4, -0.2) is 69.2 Å². The van der Waals surface area contributed by atoms with E-state index in [1.165, 1.54) is 36.4 Å². The number of hydrogen-bond acceptors (Lipinski definition) is 6. The zero-order valence-electron chi connectivity index (χ0n) is 17.7. The van der Waals surface area contributed by atoms with Gasteiger partial charge in [0.05, 0.1) is 7.11 Å². The Balaban J connectivity index is 1.43. The SMILES string of the molecule is COc1ccc(CCN2CCC[C@@H](CN(C)Cc3cnc(N(C)C)s3)C2)cc1. The molecule has 6 heteroatoms. The first-order chi connectivity index (χ1) is 13.5. The molecule has 0 unspecified atom stereocenters. The Morgan fingerprint density at radius 2 is 2.00 bits per heavy atom. The summed E-state index contributed by atoms with van der Waals surface area (Å²) < 4.78 is 5.25. The zero-order chi connectivity index (χ0) is 19.9. The molecule has 1 fully saturated rings. The van der Waals surface area contributed by atoms with Gasteiger partial charge in [0.1, 0.15) is 5.75 Å². The first-order valence-electron chi connectivity index (χ1n) is 10.2. The standard InChI is InChI=1S/C22H34N4OS/c1-24(2)22-23-14-21(28-22)17-25(3)15-19-6-5-12-26(16-19)13-11-18-7-9-20(27-4)10-8-18/h7-10,14,19H,5-6,11-13,15-17H2,1-4H3/t19-/m0/s1. The van der Waals surface area contributed by atoms with Gasteiger partial charge in [0.2, 0.25) is 0 Å². The van der Waals surface area contributed by atoms with E-state index in [0.29, 0.717) is 0 Å². The number of thiazole rings is 1. The predicted octanol–water partition coefficient (Wildman–Crippen LogP) is 3.60. The fourth-order valence-corrected chi connectivity index (χ4v) is 4.84. The van der Waals surface area contributed by atoms with Crippen LogP contribution in [0.1, 0.15) is 23.3 Å². The molecule has 1 aliphatic rings. The number of methoxy groups -OCH3 is 1. The van der Waals surface area contributed by atoms with Gasteiger partial charge in [-0.05, 0) is 56.5 Å². The molecule has 154 valence electrons. The number of piperidine rings is 1. The zero-order valence-corrected chi connectivity index (χ0v) is 18.5. The maximum absolute atomic E-state index is 5.25. The molecule has 0 radical (unpaired) electrons. The first kappa shape index (κ1) is 21.1. The summed E-state index contributed by atoms with van der Waals surface area (Å²) in [6.45, 7) is 5.75. The van der Waals surface area contributed by atoms with E-state index in [-0.39, 0.29) is 0 Å². The molecule has 0 amide bonds. The van der Waals surface area contributed by atoms with Gasteiger partial charge >= 0.3 is 0 Å². The number of aromatic nitrogens is 1. The summed E-state index contributed by atoms with van der Waals surface area (Å²) in [5.41, 5.74) is 1.39. The monoisotopic (exact) mass is 402 g/mol. The second kappa shape index (κ2) is 10.2. The second-order valence-corrected chi connectivity index (χ2v) is 9.20. The number of ether oxygens (including phenoxy) is 1. The van der Waals surface area contributed by atoms with Gasteiger partial charge in [0.15, 0.2) is 5.13 Å². The third-order valence-corrected chi connectivity index (χ3v) is 6.55. The van der Waals surface area contributed by atoms with Crippen molar-refractivity contribution in [1.29, 1.82) is 0 Å². The van der Waals surface area contributed by atoms with E-state index in [0.717, 1.165) is 42.9 Å². The molecule has 0 N–H and O–H groups in total. The highest BCUT2D eigenvalue weighted by Crippen LogP contribution is 2.23. The Bertz CT molecular complexity index is 716. The van der Waals surface area contributed by atoms with Gasteiger partial charge in [-0.15, -0.1) is 11.3 Å². The number of benzene rings is 1. The fraction of sp³-hybridized carbons (Fsp3) is 0.591. The van der Waals surface area contributed by atoms with Gasteiger partial charge in [0, 0.05) is 51.3 Å². The highest BCUT2D eigenvalue weighted by atomic mass is 32.1. The average molecular weight is 403 g/mol. The van der Waals surface area contributed by atoms with Crippen LogP contribution >= 0.6 is 11.3 Å². The molecule has 1 atom stereocenters. The maximum atomic E-state index is 5.25. The van der Waals surface area contributed by atoms with Crippen molar-refractivity contribution in [1.82, 2.24) is 14.8 Å². The van der Waals surface area contributed by atoms with Crippen molar-refractivity contribution < 1.29 is 4.74 Å². The smallest absolute Gasteiger partial charge is 0.185 e. The van der Waals surface area contributed by atoms with Crippen molar-refractivity contribution >= 4 is 16.5 Å². The fourth-order valence-electron chi connectivity index (χ4n) is 3.93. The molecule has 0 bridgehead atoms. The van der Waals surface area contributed by atoms with Crippen molar-refractivity contribution in [3.05, 3.63) is 40.9 Å². The predicted molar refractivity (Wildman–Crippen MR) is 119 cm³/mol. The maximum Gasteiger partial charge on any atom is 0.185 e. The number of hydrogen-bond donors (Lipinski definition) is 0. The van der Waals surface area contributed by atoms with Crippen molar-refractivity contribution in [2.75, 3.05) is 59.3 Å². The second-order valence-electron chi connectivity index (χ2n) is 8.11. The van der Waals surface area contributed by atoms with Gasteiger partial charge in [0.25, 0.3) is 0 Å². The lowest BCUT2D eigenvalue weighted by Gasteiger charge is -2.34. The molecular weight excluding hydrogens is 368 g/mol. The molecule has 0 aliphatic carbocycles. The summed E-state index contributed by atoms with van der Waals surface area (Å²) in [6, 6.07) is 8.49. The van der Waals surface area contributed by atoms with Gasteiger partial charge in [-0.2, -0.15) is 0 Å². The van der Waals surface area contributed by atoms with E-state index in [1.54, 1.807) is 18.4 Å². The first-order valence-corrected chi connectivity index (χ1v) is 11.0. The van der Waals surface area contributed by atoms with Gasteiger partial charge in [-0.25, -0.2) is 4.98 Å². The molecule has 0 spiro atoms. The van der Waals surface area contributed by atoms with E-state index in [1.807, 2.05) is 6.20 Å². The van der Waals surface area contributed by atoms with Crippen LogP contribution in [0.3, 0.4) is 0 Å². The number of nitrogens with zero attached hydrogens (tertiary/aromatic N) is 4. The minimum atomic E-state index is 0.760. The van der Waals surface area contributed by atoms with Crippen LogP contribution < -0.4 is 9.64 Å². The Morgan fingerprint density at radius 3 is 2.68 bits per heavy atom. The lowest BCUT2D eigenvalue weighted by molar-refractivity contribution is 0.142. The lowest BCUT2D eigenvalue weighted by atomic mass is 9.97. The Kier molecular flexibility index (Phi) is 7.71. The van der Waals surface area contributed by atoms with E-state index in [2.05, 4.69) is 65.1 Å². The molecule has 1 saturated heterocycles. The van der Waals surface area contributed by atoms with Crippen molar-refractivity contribution in [2.45, 2.75) is 25.8 Å². The minimum absolute atomic E-state index is 0.760. The van der Waals surface area contributed by atoms with Crippen molar-refractivity contribution in [3.63, 3.8) is 0 Å². The number of anilines is 1. The molecule has 1 aromatic carbocycles. The highest BCUT2D eigenvalue weighted by molar-refractivity contribution is 7.15. The molecule has 3 rings (SSSR count). The molecule has 5 nitrogen and oxygen atoms in total. The van der Waals surface area contributed by atoms with Crippen LogP contribution in [0, 0.1) is 5.92 Å². The highest BCUT2D eigenvalue weighted by Gasteiger charge is 2.21. The average Bonchev–Trinajstić information content (AvgIpc) is 3.16. The molecule has 2 heterocycles. The molecular formula is C22H34N4OS. The van der Waals surface area contributed by atoms with E-state index in [4.69, 9.17) is 4.74 Å². The summed E-state index contributed by atoms with van der Waals surface area (Å²) in [7, 11) is 8.06. The summed E-state index contributed by atoms with van der Waals surface area (Å²) in [4.78, 5) is 13.0. The summed E-state index contributed by atoms with van der Waals surface area (Å²) in [6.07, 6.45) is 5.79. The van der Waals surface area contributed by atoms with E-state index >= 15 is 0 Å². The third-order valence-electron chi connectivity index (χ3n) is 5.40. The van der Waals surface area contributed by atoms with E-state index in [9.17, 15) is 0 Å². The summed E-state index contributed by atoms with van der Waals surface area (Å²) in [5, 5.41) is 1.09. The number of rotatable bonds is 9. The van der Waals surface area contributed by atoms with Crippen LogP contribution in [0.4, 0.5) is 5.13 Å². The Labute approximate surface area is 173 Å². The van der Waals surface area contributed by atoms with Crippen molar-refractivity contribution in [3.8, 4) is 5.75 Å². The summed E-state index contributed by atoms with van der Waals surface area (Å²) >= 11 is 1.79. The Morgan fingerprint density at radius 1 is 1.21 bits per heavy atom. The minimum Gasteiger partial charge on any atom is -0.497 e. The topological polar surface area (TPSA) is 31.8 Å². The third kappa shape index (κ3) is 6.19. The van der Waals surface area contributed by atoms with Crippen molar-refractivity contribution in [2.24, 2.45) is 5.92 Å². The Hall–Kier alpha value is -1.63. The molecule has 1 aliphatic heterocycles. The lowest BCUT2D eigenvalue weighted by Crippen LogP contribution is -2.40. The van der Waals surface area contributed by atoms with Gasteiger partial charge in [-0.3, -0.25) is 0 Å². The number of likely N-dealkylation sites (tertiary alicyclic amines) is 1. The quantitative estimate of drug-likeness (QED) is 0.640. The largest absolute Gasteiger partial charge is 0.497 e. The van der Waals surface area contributed by atoms with Crippen LogP contribution in [-0.2, 0) is 13.0 Å². The molecule has 2 aromatic rings. The normalized spacial score (nSPS) is 17.8. The van der Waals surface area contributed by atoms with Gasteiger partial charge < -0.3 is 19.4 Å². The molecule has 28 heavy (non-hydrogen) atoms. The summed E-state index contributed by atoms with van der Waals surface area (Å²) in [5.74, 6) is 1.69. The van der Waals surface area contributed by atoms with Crippen LogP contribution in [0.25, 0.3) is 0 Å².